The van der Waals surface area contributed by atoms with Crippen LogP contribution in [0.2, 0.25) is 0 Å². The van der Waals surface area contributed by atoms with E-state index in [0.29, 0.717) is 37.7 Å². The van der Waals surface area contributed by atoms with Crippen molar-refractivity contribution in [2.24, 2.45) is 5.92 Å². The van der Waals surface area contributed by atoms with Crippen molar-refractivity contribution in [2.75, 3.05) is 13.2 Å². The zero-order valence-corrected chi connectivity index (χ0v) is 17.3. The van der Waals surface area contributed by atoms with E-state index in [1.807, 2.05) is 75.4 Å². The first-order chi connectivity index (χ1) is 14.0. The monoisotopic (exact) mass is 395 g/mol. The molecule has 3 rings (SSSR count). The number of para-hydroxylation sites is 1. The highest BCUT2D eigenvalue weighted by Gasteiger charge is 2.21. The predicted molar refractivity (Wildman–Crippen MR) is 114 cm³/mol. The van der Waals surface area contributed by atoms with Crippen molar-refractivity contribution in [3.05, 3.63) is 71.5 Å². The predicted octanol–water partition coefficient (Wildman–Crippen LogP) is 4.94. The quantitative estimate of drug-likeness (QED) is 0.528. The fourth-order valence-electron chi connectivity index (χ4n) is 3.03. The molecule has 1 heterocycles. The van der Waals surface area contributed by atoms with Crippen LogP contribution in [0.25, 0.3) is 11.0 Å². The molecule has 1 aromatic heterocycles. The van der Waals surface area contributed by atoms with Crippen molar-refractivity contribution < 1.29 is 18.7 Å². The fourth-order valence-corrected chi connectivity index (χ4v) is 3.03. The number of nitrogens with one attached hydrogen (secondary N) is 1. The van der Waals surface area contributed by atoms with Crippen LogP contribution in [0.1, 0.15) is 42.5 Å². The van der Waals surface area contributed by atoms with Gasteiger partial charge in [-0.25, -0.2) is 0 Å². The molecule has 0 fully saturated rings. The molecule has 0 bridgehead atoms. The number of hydrogen-bond donors (Lipinski definition) is 1. The minimum atomic E-state index is -0.224. The van der Waals surface area contributed by atoms with E-state index in [0.717, 1.165) is 16.5 Å². The van der Waals surface area contributed by atoms with Crippen LogP contribution in [-0.2, 0) is 22.7 Å². The molecule has 0 spiro atoms. The number of carbonyl (C=O) groups excluding carboxylic acids is 1. The Bertz CT molecular complexity index is 917. The zero-order chi connectivity index (χ0) is 20.6. The maximum Gasteiger partial charge on any atom is 0.287 e. The molecule has 0 saturated heterocycles. The molecule has 5 nitrogen and oxygen atoms in total. The van der Waals surface area contributed by atoms with E-state index in [4.69, 9.17) is 13.9 Å². The third-order valence-electron chi connectivity index (χ3n) is 4.59. The Balaban J connectivity index is 1.57. The van der Waals surface area contributed by atoms with Crippen molar-refractivity contribution in [2.45, 2.75) is 40.1 Å². The summed E-state index contributed by atoms with van der Waals surface area (Å²) in [6.45, 7) is 7.98. The lowest BCUT2D eigenvalue weighted by molar-refractivity contribution is 0.0640. The Hall–Kier alpha value is -2.63. The van der Waals surface area contributed by atoms with Gasteiger partial charge >= 0.3 is 0 Å². The maximum atomic E-state index is 12.8. The highest BCUT2D eigenvalue weighted by molar-refractivity contribution is 5.99. The van der Waals surface area contributed by atoms with Crippen molar-refractivity contribution in [1.29, 1.82) is 0 Å². The SMILES string of the molecule is CC(CNC(=O)c1oc2ccccc2c1COC(C)C)COCc1ccccc1. The summed E-state index contributed by atoms with van der Waals surface area (Å²) >= 11 is 0. The van der Waals surface area contributed by atoms with E-state index in [9.17, 15) is 4.79 Å². The number of furan rings is 1. The molecule has 0 saturated carbocycles. The Kier molecular flexibility index (Phi) is 7.44. The van der Waals surface area contributed by atoms with Gasteiger partial charge in [0, 0.05) is 17.5 Å². The normalized spacial score (nSPS) is 12.4. The highest BCUT2D eigenvalue weighted by atomic mass is 16.5. The number of fused-ring (bicyclic) bond motifs is 1. The smallest absolute Gasteiger partial charge is 0.287 e. The van der Waals surface area contributed by atoms with Gasteiger partial charge in [0.15, 0.2) is 5.76 Å². The molecule has 29 heavy (non-hydrogen) atoms. The number of carbonyl (C=O) groups is 1. The van der Waals surface area contributed by atoms with Crippen molar-refractivity contribution in [3.63, 3.8) is 0 Å². The van der Waals surface area contributed by atoms with Gasteiger partial charge in [-0.3, -0.25) is 4.79 Å². The lowest BCUT2D eigenvalue weighted by Gasteiger charge is -2.13. The van der Waals surface area contributed by atoms with E-state index >= 15 is 0 Å². The van der Waals surface area contributed by atoms with Crippen LogP contribution in [0.4, 0.5) is 0 Å². The summed E-state index contributed by atoms with van der Waals surface area (Å²) in [6, 6.07) is 17.7. The molecule has 0 aliphatic rings. The lowest BCUT2D eigenvalue weighted by Crippen LogP contribution is -2.30. The summed E-state index contributed by atoms with van der Waals surface area (Å²) in [5.41, 5.74) is 2.62. The summed E-state index contributed by atoms with van der Waals surface area (Å²) in [7, 11) is 0. The van der Waals surface area contributed by atoms with Gasteiger partial charge in [0.05, 0.1) is 25.9 Å². The third kappa shape index (κ3) is 5.92. The van der Waals surface area contributed by atoms with Gasteiger partial charge in [0.25, 0.3) is 5.91 Å². The largest absolute Gasteiger partial charge is 0.451 e. The van der Waals surface area contributed by atoms with Crippen LogP contribution in [0.5, 0.6) is 0 Å². The van der Waals surface area contributed by atoms with Crippen molar-refractivity contribution >= 4 is 16.9 Å². The van der Waals surface area contributed by atoms with Crippen LogP contribution in [-0.4, -0.2) is 25.2 Å². The Morgan fingerprint density at radius 1 is 1.00 bits per heavy atom. The van der Waals surface area contributed by atoms with Crippen LogP contribution >= 0.6 is 0 Å². The lowest BCUT2D eigenvalue weighted by atomic mass is 10.1. The molecule has 0 aliphatic carbocycles. The second-order valence-electron chi connectivity index (χ2n) is 7.58. The minimum Gasteiger partial charge on any atom is -0.451 e. The summed E-state index contributed by atoms with van der Waals surface area (Å²) in [5.74, 6) is 0.283. The number of amides is 1. The molecule has 1 atom stereocenters. The minimum absolute atomic E-state index is 0.0707. The molecular formula is C24H29NO4. The van der Waals surface area contributed by atoms with Gasteiger partial charge in [0.1, 0.15) is 5.58 Å². The fraction of sp³-hybridized carbons (Fsp3) is 0.375. The van der Waals surface area contributed by atoms with Crippen LogP contribution in [0, 0.1) is 5.92 Å². The topological polar surface area (TPSA) is 60.7 Å². The summed E-state index contributed by atoms with van der Waals surface area (Å²) in [6.07, 6.45) is 0.0707. The van der Waals surface area contributed by atoms with E-state index in [-0.39, 0.29) is 17.9 Å². The third-order valence-corrected chi connectivity index (χ3v) is 4.59. The van der Waals surface area contributed by atoms with E-state index in [1.54, 1.807) is 0 Å². The second-order valence-corrected chi connectivity index (χ2v) is 7.58. The van der Waals surface area contributed by atoms with Crippen LogP contribution in [0.15, 0.2) is 59.0 Å². The number of ether oxygens (including phenoxy) is 2. The van der Waals surface area contributed by atoms with Gasteiger partial charge in [-0.15, -0.1) is 0 Å². The summed E-state index contributed by atoms with van der Waals surface area (Å²) in [4.78, 5) is 12.8. The van der Waals surface area contributed by atoms with E-state index < -0.39 is 0 Å². The van der Waals surface area contributed by atoms with E-state index in [2.05, 4.69) is 5.32 Å². The first-order valence-corrected chi connectivity index (χ1v) is 10.1. The Labute approximate surface area is 172 Å². The Morgan fingerprint density at radius 3 is 2.48 bits per heavy atom. The number of rotatable bonds is 10. The molecule has 1 amide bonds. The molecule has 3 aromatic rings. The van der Waals surface area contributed by atoms with Crippen LogP contribution in [0.3, 0.4) is 0 Å². The molecule has 1 unspecified atom stereocenters. The first kappa shape index (κ1) is 21.1. The van der Waals surface area contributed by atoms with Gasteiger partial charge < -0.3 is 19.2 Å². The van der Waals surface area contributed by atoms with Gasteiger partial charge in [-0.2, -0.15) is 0 Å². The summed E-state index contributed by atoms with van der Waals surface area (Å²) < 4.78 is 17.3. The van der Waals surface area contributed by atoms with Crippen molar-refractivity contribution in [1.82, 2.24) is 5.32 Å². The first-order valence-electron chi connectivity index (χ1n) is 10.1. The standard InChI is InChI=1S/C24H29NO4/c1-17(2)28-16-21-20-11-7-8-12-22(20)29-23(21)24(26)25-13-18(3)14-27-15-19-9-5-4-6-10-19/h4-12,17-18H,13-16H2,1-3H3,(H,25,26). The average Bonchev–Trinajstić information content (AvgIpc) is 3.10. The molecule has 5 heteroatoms. The number of benzene rings is 2. The van der Waals surface area contributed by atoms with E-state index in [1.165, 1.54) is 0 Å². The molecule has 2 aromatic carbocycles. The van der Waals surface area contributed by atoms with Gasteiger partial charge in [-0.05, 0) is 31.4 Å². The maximum absolute atomic E-state index is 12.8. The second kappa shape index (κ2) is 10.2. The zero-order valence-electron chi connectivity index (χ0n) is 17.3. The molecular weight excluding hydrogens is 366 g/mol. The highest BCUT2D eigenvalue weighted by Crippen LogP contribution is 2.27. The molecule has 0 aliphatic heterocycles. The molecule has 154 valence electrons. The van der Waals surface area contributed by atoms with Gasteiger partial charge in [0.2, 0.25) is 0 Å². The van der Waals surface area contributed by atoms with Crippen molar-refractivity contribution in [3.8, 4) is 0 Å². The average molecular weight is 395 g/mol. The summed E-state index contributed by atoms with van der Waals surface area (Å²) in [5, 5.41) is 3.88. The van der Waals surface area contributed by atoms with Gasteiger partial charge in [-0.1, -0.05) is 55.5 Å². The Morgan fingerprint density at radius 2 is 1.72 bits per heavy atom. The number of hydrogen-bond acceptors (Lipinski definition) is 4. The van der Waals surface area contributed by atoms with Crippen LogP contribution < -0.4 is 5.32 Å². The molecule has 1 N–H and O–H groups in total. The molecule has 0 radical (unpaired) electrons.